The molecule has 0 saturated carbocycles. The largest absolute Gasteiger partial charge is 0.507 e. The summed E-state index contributed by atoms with van der Waals surface area (Å²) in [6.45, 7) is 3.77. The van der Waals surface area contributed by atoms with Crippen molar-refractivity contribution in [2.45, 2.75) is 17.7 Å². The first kappa shape index (κ1) is 24.4. The maximum atomic E-state index is 12.6. The number of nitrogens with zero attached hydrogens (tertiary/aromatic N) is 1. The number of sulfonamides is 1. The SMILES string of the molecule is O=S(=O)(NCCCc1c[nH]c2ccc(Cl)cc12)c1ccc(OC/C(O)=C/N2CCNCC2)cc1. The molecule has 1 aromatic heterocycles. The zero-order valence-electron chi connectivity index (χ0n) is 18.8. The molecule has 10 heteroatoms. The molecule has 1 aliphatic heterocycles. The van der Waals surface area contributed by atoms with Crippen LogP contribution in [0.4, 0.5) is 0 Å². The molecule has 0 spiro atoms. The third kappa shape index (κ3) is 6.44. The van der Waals surface area contributed by atoms with Crippen molar-refractivity contribution in [3.05, 3.63) is 71.2 Å². The van der Waals surface area contributed by atoms with Crippen molar-refractivity contribution in [2.24, 2.45) is 0 Å². The van der Waals surface area contributed by atoms with Crippen LogP contribution < -0.4 is 14.8 Å². The minimum atomic E-state index is -3.63. The second-order valence-corrected chi connectivity index (χ2v) is 10.4. The summed E-state index contributed by atoms with van der Waals surface area (Å²) >= 11 is 6.09. The summed E-state index contributed by atoms with van der Waals surface area (Å²) in [6.07, 6.45) is 5.00. The number of aryl methyl sites for hydroxylation is 1. The number of H-pyrrole nitrogens is 1. The molecule has 3 aromatic rings. The van der Waals surface area contributed by atoms with Crippen LogP contribution in [0, 0.1) is 0 Å². The zero-order chi connectivity index (χ0) is 24.0. The Bertz CT molecular complexity index is 1240. The summed E-state index contributed by atoms with van der Waals surface area (Å²) in [5, 5.41) is 15.0. The van der Waals surface area contributed by atoms with E-state index in [1.54, 1.807) is 18.3 Å². The molecule has 0 amide bonds. The predicted octanol–water partition coefficient (Wildman–Crippen LogP) is 3.42. The lowest BCUT2D eigenvalue weighted by atomic mass is 10.1. The molecule has 4 N–H and O–H groups in total. The Morgan fingerprint density at radius 1 is 1.18 bits per heavy atom. The van der Waals surface area contributed by atoms with Gasteiger partial charge in [0, 0.05) is 61.0 Å². The number of aromatic nitrogens is 1. The Labute approximate surface area is 204 Å². The van der Waals surface area contributed by atoms with Crippen LogP contribution in [0.5, 0.6) is 5.75 Å². The van der Waals surface area contributed by atoms with Crippen molar-refractivity contribution in [1.82, 2.24) is 19.9 Å². The average Bonchev–Trinajstić information content (AvgIpc) is 3.23. The van der Waals surface area contributed by atoms with Crippen LogP contribution >= 0.6 is 11.6 Å². The van der Waals surface area contributed by atoms with Crippen molar-refractivity contribution >= 4 is 32.5 Å². The van der Waals surface area contributed by atoms with Gasteiger partial charge in [-0.1, -0.05) is 11.6 Å². The van der Waals surface area contributed by atoms with Crippen molar-refractivity contribution < 1.29 is 18.3 Å². The number of piperazine rings is 1. The molecular weight excluding hydrogens is 476 g/mol. The van der Waals surface area contributed by atoms with E-state index < -0.39 is 10.0 Å². The fourth-order valence-electron chi connectivity index (χ4n) is 3.86. The molecule has 1 fully saturated rings. The fraction of sp³-hybridized carbons (Fsp3) is 0.333. The highest BCUT2D eigenvalue weighted by Crippen LogP contribution is 2.23. The standard InChI is InChI=1S/C24H29ClN4O4S/c25-19-3-8-24-23(14-19)18(15-27-24)2-1-9-28-34(31,32)22-6-4-21(5-7-22)33-17-20(30)16-29-12-10-26-11-13-29/h3-8,14-16,26-28,30H,1-2,9-13,17H2/b20-16-. The van der Waals surface area contributed by atoms with Crippen molar-refractivity contribution in [3.8, 4) is 5.75 Å². The third-order valence-corrected chi connectivity index (χ3v) is 7.36. The molecule has 4 rings (SSSR count). The minimum Gasteiger partial charge on any atom is -0.507 e. The lowest BCUT2D eigenvalue weighted by molar-refractivity contribution is 0.248. The number of benzene rings is 2. The monoisotopic (exact) mass is 504 g/mol. The second-order valence-electron chi connectivity index (χ2n) is 8.17. The highest BCUT2D eigenvalue weighted by Gasteiger charge is 2.14. The topological polar surface area (TPSA) is 107 Å². The van der Waals surface area contributed by atoms with Crippen LogP contribution in [-0.4, -0.2) is 62.7 Å². The molecule has 0 atom stereocenters. The van der Waals surface area contributed by atoms with Gasteiger partial charge in [-0.3, -0.25) is 0 Å². The van der Waals surface area contributed by atoms with Gasteiger partial charge in [0.05, 0.1) is 4.90 Å². The van der Waals surface area contributed by atoms with Crippen LogP contribution in [-0.2, 0) is 16.4 Å². The Hall–Kier alpha value is -2.72. The van der Waals surface area contributed by atoms with Crippen LogP contribution in [0.1, 0.15) is 12.0 Å². The van der Waals surface area contributed by atoms with Crippen molar-refractivity contribution in [1.29, 1.82) is 0 Å². The number of ether oxygens (including phenoxy) is 1. The van der Waals surface area contributed by atoms with E-state index in [9.17, 15) is 13.5 Å². The molecular formula is C24H29ClN4O4S. The maximum Gasteiger partial charge on any atom is 0.240 e. The Balaban J connectivity index is 1.25. The molecule has 34 heavy (non-hydrogen) atoms. The van der Waals surface area contributed by atoms with Crippen molar-refractivity contribution in [3.63, 3.8) is 0 Å². The summed E-state index contributed by atoms with van der Waals surface area (Å²) < 4.78 is 33.4. The third-order valence-electron chi connectivity index (χ3n) is 5.65. The molecule has 0 bridgehead atoms. The molecule has 182 valence electrons. The fourth-order valence-corrected chi connectivity index (χ4v) is 5.10. The number of nitrogens with one attached hydrogen (secondary N) is 3. The first-order valence-corrected chi connectivity index (χ1v) is 13.1. The molecule has 1 aliphatic rings. The van der Waals surface area contributed by atoms with E-state index in [1.165, 1.54) is 12.1 Å². The highest BCUT2D eigenvalue weighted by atomic mass is 35.5. The van der Waals surface area contributed by atoms with Crippen LogP contribution in [0.15, 0.2) is 65.5 Å². The van der Waals surface area contributed by atoms with Crippen molar-refractivity contribution in [2.75, 3.05) is 39.3 Å². The van der Waals surface area contributed by atoms with Gasteiger partial charge in [-0.2, -0.15) is 0 Å². The molecule has 1 saturated heterocycles. The summed E-state index contributed by atoms with van der Waals surface area (Å²) in [4.78, 5) is 5.41. The lowest BCUT2D eigenvalue weighted by Crippen LogP contribution is -2.40. The number of halogens is 1. The number of rotatable bonds is 10. The lowest BCUT2D eigenvalue weighted by Gasteiger charge is -2.26. The minimum absolute atomic E-state index is 0.0212. The van der Waals surface area contributed by atoms with Gasteiger partial charge >= 0.3 is 0 Å². The van der Waals surface area contributed by atoms with Gasteiger partial charge in [-0.05, 0) is 60.9 Å². The van der Waals surface area contributed by atoms with Gasteiger partial charge in [-0.25, -0.2) is 13.1 Å². The van der Waals surface area contributed by atoms with E-state index in [0.29, 0.717) is 23.7 Å². The predicted molar refractivity (Wildman–Crippen MR) is 134 cm³/mol. The van der Waals surface area contributed by atoms with Crippen LogP contribution in [0.2, 0.25) is 5.02 Å². The molecule has 0 unspecified atom stereocenters. The zero-order valence-corrected chi connectivity index (χ0v) is 20.3. The summed E-state index contributed by atoms with van der Waals surface area (Å²) in [5.41, 5.74) is 2.11. The van der Waals surface area contributed by atoms with Crippen LogP contribution in [0.25, 0.3) is 10.9 Å². The van der Waals surface area contributed by atoms with E-state index in [0.717, 1.165) is 49.1 Å². The van der Waals surface area contributed by atoms with E-state index >= 15 is 0 Å². The van der Waals surface area contributed by atoms with Gasteiger partial charge < -0.3 is 25.0 Å². The smallest absolute Gasteiger partial charge is 0.240 e. The Morgan fingerprint density at radius 2 is 1.94 bits per heavy atom. The number of aliphatic hydroxyl groups excluding tert-OH is 1. The first-order chi connectivity index (χ1) is 16.4. The van der Waals surface area contributed by atoms with Gasteiger partial charge in [0.15, 0.2) is 0 Å². The summed E-state index contributed by atoms with van der Waals surface area (Å²) in [7, 11) is -3.63. The van der Waals surface area contributed by atoms with E-state index in [2.05, 4.69) is 15.0 Å². The molecule has 2 aromatic carbocycles. The van der Waals surface area contributed by atoms with E-state index in [1.807, 2.05) is 29.3 Å². The maximum absolute atomic E-state index is 12.6. The van der Waals surface area contributed by atoms with Gasteiger partial charge in [-0.15, -0.1) is 0 Å². The number of hydrogen-bond donors (Lipinski definition) is 4. The Morgan fingerprint density at radius 3 is 2.71 bits per heavy atom. The number of aliphatic hydroxyl groups is 1. The van der Waals surface area contributed by atoms with Gasteiger partial charge in [0.25, 0.3) is 0 Å². The average molecular weight is 505 g/mol. The molecule has 0 radical (unpaired) electrons. The van der Waals surface area contributed by atoms with Crippen LogP contribution in [0.3, 0.4) is 0 Å². The summed E-state index contributed by atoms with van der Waals surface area (Å²) in [6, 6.07) is 11.8. The van der Waals surface area contributed by atoms with Gasteiger partial charge in [0.2, 0.25) is 10.0 Å². The Kier molecular flexibility index (Phi) is 7.99. The number of aromatic amines is 1. The van der Waals surface area contributed by atoms with Gasteiger partial charge in [0.1, 0.15) is 18.1 Å². The van der Waals surface area contributed by atoms with E-state index in [4.69, 9.17) is 16.3 Å². The number of hydrogen-bond acceptors (Lipinski definition) is 6. The quantitative estimate of drug-likeness (QED) is 0.249. The summed E-state index contributed by atoms with van der Waals surface area (Å²) in [5.74, 6) is 0.606. The highest BCUT2D eigenvalue weighted by molar-refractivity contribution is 7.89. The second kappa shape index (κ2) is 11.1. The number of fused-ring (bicyclic) bond motifs is 1. The molecule has 2 heterocycles. The first-order valence-electron chi connectivity index (χ1n) is 11.2. The van der Waals surface area contributed by atoms with E-state index in [-0.39, 0.29) is 17.3 Å². The molecule has 8 nitrogen and oxygen atoms in total. The normalized spacial score (nSPS) is 15.1. The molecule has 0 aliphatic carbocycles.